The Kier molecular flexibility index (Phi) is 7.63. The van der Waals surface area contributed by atoms with Crippen molar-refractivity contribution in [3.8, 4) is 5.75 Å². The molecular weight excluding hydrogens is 384 g/mol. The van der Waals surface area contributed by atoms with Gasteiger partial charge in [0.25, 0.3) is 5.91 Å². The number of hydrogen-bond donors (Lipinski definition) is 2. The van der Waals surface area contributed by atoms with Crippen molar-refractivity contribution in [2.75, 3.05) is 6.61 Å². The van der Waals surface area contributed by atoms with Crippen LogP contribution in [0.15, 0.2) is 58.1 Å². The normalized spacial score (nSPS) is 12.1. The Morgan fingerprint density at radius 3 is 2.56 bits per heavy atom. The Balaban J connectivity index is 1.85. The monoisotopic (exact) mass is 404 g/mol. The maximum atomic E-state index is 11.9. The maximum absolute atomic E-state index is 11.9. The van der Waals surface area contributed by atoms with E-state index in [0.29, 0.717) is 12.2 Å². The van der Waals surface area contributed by atoms with Crippen LogP contribution in [0.3, 0.4) is 0 Å². The van der Waals surface area contributed by atoms with Crippen LogP contribution in [0.2, 0.25) is 0 Å². The van der Waals surface area contributed by atoms with Crippen molar-refractivity contribution < 1.29 is 14.6 Å². The van der Waals surface area contributed by atoms with E-state index < -0.39 is 12.0 Å². The molecule has 1 amide bonds. The number of amides is 1. The fraction of sp³-hybridized carbons (Fsp3) is 0.263. The molecule has 2 aromatic rings. The van der Waals surface area contributed by atoms with Gasteiger partial charge in [-0.05, 0) is 53.9 Å². The second-order valence-electron chi connectivity index (χ2n) is 5.46. The molecule has 0 saturated heterocycles. The molecule has 1 unspecified atom stereocenters. The number of hydrogen-bond acceptors (Lipinski definition) is 4. The van der Waals surface area contributed by atoms with Crippen molar-refractivity contribution in [3.63, 3.8) is 0 Å². The minimum atomic E-state index is -1.26. The lowest BCUT2D eigenvalue weighted by molar-refractivity contribution is -0.129. The van der Waals surface area contributed by atoms with Gasteiger partial charge in [0, 0.05) is 4.47 Å². The molecule has 132 valence electrons. The molecule has 0 aliphatic carbocycles. The molecular formula is C19H21BrN2O3. The minimum absolute atomic E-state index is 0.504. The van der Waals surface area contributed by atoms with Crippen molar-refractivity contribution in [1.29, 1.82) is 0 Å². The van der Waals surface area contributed by atoms with Crippen LogP contribution < -0.4 is 10.2 Å². The van der Waals surface area contributed by atoms with Crippen LogP contribution in [-0.4, -0.2) is 23.8 Å². The van der Waals surface area contributed by atoms with Crippen LogP contribution in [0.4, 0.5) is 0 Å². The molecule has 0 aromatic heterocycles. The second-order valence-corrected chi connectivity index (χ2v) is 6.38. The molecule has 0 saturated carbocycles. The molecule has 1 atom stereocenters. The van der Waals surface area contributed by atoms with Crippen LogP contribution in [-0.2, 0) is 4.79 Å². The van der Waals surface area contributed by atoms with Crippen molar-refractivity contribution in [3.05, 3.63) is 64.1 Å². The standard InChI is InChI=1S/C19H21BrN2O3/c1-2-3-12-25-17-10-4-14(5-11-17)13-21-22-19(24)18(23)15-6-8-16(20)9-7-15/h4-11,13,18,23H,2-3,12H2,1H3,(H,22,24)/b21-13+. The van der Waals surface area contributed by atoms with Gasteiger partial charge < -0.3 is 9.84 Å². The number of aliphatic hydroxyl groups is 1. The summed E-state index contributed by atoms with van der Waals surface area (Å²) in [5.41, 5.74) is 3.66. The first-order valence-electron chi connectivity index (χ1n) is 8.09. The number of unbranched alkanes of at least 4 members (excludes halogenated alkanes) is 1. The number of carbonyl (C=O) groups excluding carboxylic acids is 1. The lowest BCUT2D eigenvalue weighted by Gasteiger charge is -2.09. The number of halogens is 1. The van der Waals surface area contributed by atoms with Gasteiger partial charge in [0.15, 0.2) is 6.10 Å². The van der Waals surface area contributed by atoms with E-state index in [1.165, 1.54) is 6.21 Å². The van der Waals surface area contributed by atoms with Gasteiger partial charge in [0.05, 0.1) is 12.8 Å². The van der Waals surface area contributed by atoms with Crippen LogP contribution in [0.5, 0.6) is 5.75 Å². The fourth-order valence-electron chi connectivity index (χ4n) is 2.01. The van der Waals surface area contributed by atoms with Gasteiger partial charge in [0.1, 0.15) is 5.75 Å². The van der Waals surface area contributed by atoms with Gasteiger partial charge in [-0.25, -0.2) is 5.43 Å². The predicted octanol–water partition coefficient (Wildman–Crippen LogP) is 3.81. The highest BCUT2D eigenvalue weighted by Gasteiger charge is 2.16. The Morgan fingerprint density at radius 2 is 1.92 bits per heavy atom. The Bertz CT molecular complexity index is 700. The number of benzene rings is 2. The van der Waals surface area contributed by atoms with E-state index in [2.05, 4.69) is 33.4 Å². The Morgan fingerprint density at radius 1 is 1.24 bits per heavy atom. The molecule has 2 N–H and O–H groups in total. The van der Waals surface area contributed by atoms with Crippen LogP contribution >= 0.6 is 15.9 Å². The van der Waals surface area contributed by atoms with Crippen molar-refractivity contribution in [2.45, 2.75) is 25.9 Å². The second kappa shape index (κ2) is 9.96. The number of ether oxygens (including phenoxy) is 1. The van der Waals surface area contributed by atoms with Crippen molar-refractivity contribution in [2.24, 2.45) is 5.10 Å². The zero-order valence-electron chi connectivity index (χ0n) is 14.0. The number of rotatable bonds is 8. The summed E-state index contributed by atoms with van der Waals surface area (Å²) in [7, 11) is 0. The van der Waals surface area contributed by atoms with Crippen LogP contribution in [0.1, 0.15) is 37.0 Å². The van der Waals surface area contributed by atoms with Crippen LogP contribution in [0.25, 0.3) is 0 Å². The molecule has 2 aromatic carbocycles. The van der Waals surface area contributed by atoms with Crippen LogP contribution in [0, 0.1) is 0 Å². The largest absolute Gasteiger partial charge is 0.494 e. The maximum Gasteiger partial charge on any atom is 0.273 e. The summed E-state index contributed by atoms with van der Waals surface area (Å²) >= 11 is 3.31. The zero-order chi connectivity index (χ0) is 18.1. The smallest absolute Gasteiger partial charge is 0.273 e. The molecule has 6 heteroatoms. The summed E-state index contributed by atoms with van der Waals surface area (Å²) in [6.07, 6.45) is 2.37. The lowest BCUT2D eigenvalue weighted by Crippen LogP contribution is -2.25. The number of aliphatic hydroxyl groups excluding tert-OH is 1. The highest BCUT2D eigenvalue weighted by atomic mass is 79.9. The SMILES string of the molecule is CCCCOc1ccc(/C=N/NC(=O)C(O)c2ccc(Br)cc2)cc1. The first-order valence-corrected chi connectivity index (χ1v) is 8.88. The van der Waals surface area contributed by atoms with E-state index in [-0.39, 0.29) is 0 Å². The summed E-state index contributed by atoms with van der Waals surface area (Å²) in [5.74, 6) is 0.221. The van der Waals surface area contributed by atoms with Gasteiger partial charge in [-0.15, -0.1) is 0 Å². The summed E-state index contributed by atoms with van der Waals surface area (Å²) in [6, 6.07) is 14.3. The lowest BCUT2D eigenvalue weighted by atomic mass is 10.1. The quantitative estimate of drug-likeness (QED) is 0.399. The summed E-state index contributed by atoms with van der Waals surface area (Å²) in [6.45, 7) is 2.82. The highest BCUT2D eigenvalue weighted by molar-refractivity contribution is 9.10. The molecule has 5 nitrogen and oxygen atoms in total. The molecule has 0 fully saturated rings. The molecule has 0 radical (unpaired) electrons. The minimum Gasteiger partial charge on any atom is -0.494 e. The third kappa shape index (κ3) is 6.32. The predicted molar refractivity (Wildman–Crippen MR) is 102 cm³/mol. The van der Waals surface area contributed by atoms with Gasteiger partial charge in [-0.2, -0.15) is 5.10 Å². The summed E-state index contributed by atoms with van der Waals surface area (Å²) in [5, 5.41) is 13.9. The molecule has 2 rings (SSSR count). The number of carbonyl (C=O) groups is 1. The Hall–Kier alpha value is -2.18. The first-order chi connectivity index (χ1) is 12.1. The van der Waals surface area contributed by atoms with Gasteiger partial charge in [-0.3, -0.25) is 4.79 Å². The van der Waals surface area contributed by atoms with Gasteiger partial charge in [-0.1, -0.05) is 41.4 Å². The van der Waals surface area contributed by atoms with E-state index >= 15 is 0 Å². The average Bonchev–Trinajstić information content (AvgIpc) is 2.63. The molecule has 0 heterocycles. The molecule has 0 aliphatic rings. The van der Waals surface area contributed by atoms with Crippen molar-refractivity contribution >= 4 is 28.1 Å². The number of nitrogens with one attached hydrogen (secondary N) is 1. The first kappa shape index (κ1) is 19.1. The number of nitrogens with zero attached hydrogens (tertiary/aromatic N) is 1. The zero-order valence-corrected chi connectivity index (χ0v) is 15.6. The van der Waals surface area contributed by atoms with Gasteiger partial charge >= 0.3 is 0 Å². The van der Waals surface area contributed by atoms with E-state index in [0.717, 1.165) is 28.6 Å². The molecule has 0 bridgehead atoms. The Labute approximate surface area is 155 Å². The van der Waals surface area contributed by atoms with E-state index in [9.17, 15) is 9.90 Å². The summed E-state index contributed by atoms with van der Waals surface area (Å²) in [4.78, 5) is 11.9. The van der Waals surface area contributed by atoms with Crippen molar-refractivity contribution in [1.82, 2.24) is 5.43 Å². The van der Waals surface area contributed by atoms with E-state index in [1.54, 1.807) is 24.3 Å². The van der Waals surface area contributed by atoms with E-state index in [4.69, 9.17) is 4.74 Å². The third-order valence-electron chi connectivity index (χ3n) is 3.47. The van der Waals surface area contributed by atoms with E-state index in [1.807, 2.05) is 24.3 Å². The molecule has 0 aliphatic heterocycles. The fourth-order valence-corrected chi connectivity index (χ4v) is 2.28. The molecule has 25 heavy (non-hydrogen) atoms. The third-order valence-corrected chi connectivity index (χ3v) is 4.00. The average molecular weight is 405 g/mol. The molecule has 0 spiro atoms. The van der Waals surface area contributed by atoms with Gasteiger partial charge in [0.2, 0.25) is 0 Å². The highest BCUT2D eigenvalue weighted by Crippen LogP contribution is 2.17. The topological polar surface area (TPSA) is 70.9 Å². The number of hydrazone groups is 1. The summed E-state index contributed by atoms with van der Waals surface area (Å²) < 4.78 is 6.46.